The summed E-state index contributed by atoms with van der Waals surface area (Å²) in [4.78, 5) is 14.5. The summed E-state index contributed by atoms with van der Waals surface area (Å²) in [5, 5.41) is 0. The SMILES string of the molecule is CC(C)(C)OC(=O)CO[C@H]1CC[C@H](N(Cc2ccccc2)Cc2ccccc2)CC1. The fraction of sp³-hybridized carbons (Fsp3) is 0.500. The molecular weight excluding hydrogens is 374 g/mol. The second-order valence-corrected chi connectivity index (χ2v) is 9.20. The molecule has 0 bridgehead atoms. The lowest BCUT2D eigenvalue weighted by molar-refractivity contribution is -0.163. The Morgan fingerprint density at radius 1 is 0.867 bits per heavy atom. The number of hydrogen-bond donors (Lipinski definition) is 0. The van der Waals surface area contributed by atoms with Crippen LogP contribution in [0.25, 0.3) is 0 Å². The van der Waals surface area contributed by atoms with Crippen molar-refractivity contribution in [2.75, 3.05) is 6.61 Å². The third-order valence-corrected chi connectivity index (χ3v) is 5.47. The maximum Gasteiger partial charge on any atom is 0.332 e. The number of hydrogen-bond acceptors (Lipinski definition) is 4. The summed E-state index contributed by atoms with van der Waals surface area (Å²) >= 11 is 0. The molecule has 1 aliphatic carbocycles. The van der Waals surface area contributed by atoms with E-state index in [0.29, 0.717) is 6.04 Å². The summed E-state index contributed by atoms with van der Waals surface area (Å²) in [7, 11) is 0. The molecule has 0 saturated heterocycles. The first-order valence-electron chi connectivity index (χ1n) is 11.0. The molecule has 1 saturated carbocycles. The molecule has 2 aromatic carbocycles. The average Bonchev–Trinajstić information content (AvgIpc) is 2.72. The van der Waals surface area contributed by atoms with Gasteiger partial charge in [0.15, 0.2) is 0 Å². The fourth-order valence-electron chi connectivity index (χ4n) is 4.08. The molecule has 4 heteroatoms. The van der Waals surface area contributed by atoms with Crippen LogP contribution in [0.4, 0.5) is 0 Å². The summed E-state index contributed by atoms with van der Waals surface area (Å²) in [6.07, 6.45) is 4.27. The summed E-state index contributed by atoms with van der Waals surface area (Å²) in [6.45, 7) is 7.58. The third kappa shape index (κ3) is 7.58. The molecule has 162 valence electrons. The molecule has 2 aromatic rings. The molecule has 4 nitrogen and oxygen atoms in total. The molecule has 30 heavy (non-hydrogen) atoms. The van der Waals surface area contributed by atoms with Crippen LogP contribution >= 0.6 is 0 Å². The predicted octanol–water partition coefficient (Wildman–Crippen LogP) is 5.36. The minimum absolute atomic E-state index is 0.0460. The van der Waals surface area contributed by atoms with Crippen molar-refractivity contribution in [3.63, 3.8) is 0 Å². The normalized spacial score (nSPS) is 19.6. The maximum atomic E-state index is 11.9. The Hall–Kier alpha value is -2.17. The fourth-order valence-corrected chi connectivity index (χ4v) is 4.08. The Balaban J connectivity index is 1.54. The Kier molecular flexibility index (Phi) is 8.06. The molecule has 1 aliphatic rings. The van der Waals surface area contributed by atoms with Crippen molar-refractivity contribution in [2.24, 2.45) is 0 Å². The molecular formula is C26H35NO3. The average molecular weight is 410 g/mol. The van der Waals surface area contributed by atoms with Gasteiger partial charge in [0.1, 0.15) is 12.2 Å². The molecule has 1 fully saturated rings. The molecule has 0 heterocycles. The summed E-state index contributed by atoms with van der Waals surface area (Å²) in [5.41, 5.74) is 2.22. The topological polar surface area (TPSA) is 38.8 Å². The standard InChI is InChI=1S/C26H35NO3/c1-26(2,3)30-25(28)20-29-24-16-14-23(15-17-24)27(18-21-10-6-4-7-11-21)19-22-12-8-5-9-13-22/h4-13,23-24H,14-20H2,1-3H3/t23-,24-. The lowest BCUT2D eigenvalue weighted by atomic mass is 9.91. The number of carbonyl (C=O) groups excluding carboxylic acids is 1. The summed E-state index contributed by atoms with van der Waals surface area (Å²) in [6, 6.07) is 21.9. The highest BCUT2D eigenvalue weighted by atomic mass is 16.6. The van der Waals surface area contributed by atoms with E-state index in [-0.39, 0.29) is 18.7 Å². The van der Waals surface area contributed by atoms with Crippen LogP contribution in [0, 0.1) is 0 Å². The molecule has 0 radical (unpaired) electrons. The smallest absolute Gasteiger partial charge is 0.332 e. The highest BCUT2D eigenvalue weighted by Gasteiger charge is 2.27. The van der Waals surface area contributed by atoms with E-state index in [4.69, 9.17) is 9.47 Å². The van der Waals surface area contributed by atoms with Crippen LogP contribution in [0.3, 0.4) is 0 Å². The molecule has 0 unspecified atom stereocenters. The first-order chi connectivity index (χ1) is 14.4. The Labute approximate surface area is 181 Å². The number of ether oxygens (including phenoxy) is 2. The minimum atomic E-state index is -0.465. The lowest BCUT2D eigenvalue weighted by Crippen LogP contribution is -2.39. The second kappa shape index (κ2) is 10.7. The number of benzene rings is 2. The van der Waals surface area contributed by atoms with Crippen LogP contribution in [-0.4, -0.2) is 35.2 Å². The molecule has 0 amide bonds. The maximum absolute atomic E-state index is 11.9. The van der Waals surface area contributed by atoms with Crippen LogP contribution in [0.1, 0.15) is 57.6 Å². The quantitative estimate of drug-likeness (QED) is 0.550. The van der Waals surface area contributed by atoms with Gasteiger partial charge in [-0.3, -0.25) is 4.90 Å². The van der Waals surface area contributed by atoms with Crippen LogP contribution in [0.2, 0.25) is 0 Å². The largest absolute Gasteiger partial charge is 0.458 e. The van der Waals surface area contributed by atoms with E-state index in [9.17, 15) is 4.79 Å². The highest BCUT2D eigenvalue weighted by molar-refractivity contribution is 5.71. The monoisotopic (exact) mass is 409 g/mol. The Morgan fingerprint density at radius 2 is 1.37 bits per heavy atom. The molecule has 0 aromatic heterocycles. The van der Waals surface area contributed by atoms with Gasteiger partial charge in [-0.15, -0.1) is 0 Å². The molecule has 0 N–H and O–H groups in total. The van der Waals surface area contributed by atoms with Gasteiger partial charge >= 0.3 is 5.97 Å². The van der Waals surface area contributed by atoms with Gasteiger partial charge in [0, 0.05) is 19.1 Å². The Morgan fingerprint density at radius 3 is 1.83 bits per heavy atom. The third-order valence-electron chi connectivity index (χ3n) is 5.47. The van der Waals surface area contributed by atoms with Crippen molar-refractivity contribution in [3.8, 4) is 0 Å². The van der Waals surface area contributed by atoms with Gasteiger partial charge in [0.25, 0.3) is 0 Å². The van der Waals surface area contributed by atoms with E-state index in [0.717, 1.165) is 38.8 Å². The van der Waals surface area contributed by atoms with Gasteiger partial charge in [0.05, 0.1) is 6.10 Å². The molecule has 0 atom stereocenters. The van der Waals surface area contributed by atoms with Crippen LogP contribution in [-0.2, 0) is 27.4 Å². The van der Waals surface area contributed by atoms with Crippen LogP contribution in [0.5, 0.6) is 0 Å². The van der Waals surface area contributed by atoms with E-state index in [1.807, 2.05) is 20.8 Å². The second-order valence-electron chi connectivity index (χ2n) is 9.20. The number of carbonyl (C=O) groups is 1. The van der Waals surface area contributed by atoms with Crippen molar-refractivity contribution in [2.45, 2.75) is 77.3 Å². The zero-order chi connectivity index (χ0) is 21.4. The van der Waals surface area contributed by atoms with Crippen molar-refractivity contribution in [1.82, 2.24) is 4.90 Å². The molecule has 3 rings (SSSR count). The lowest BCUT2D eigenvalue weighted by Gasteiger charge is -2.37. The van der Waals surface area contributed by atoms with E-state index in [1.165, 1.54) is 11.1 Å². The van der Waals surface area contributed by atoms with Gasteiger partial charge < -0.3 is 9.47 Å². The zero-order valence-corrected chi connectivity index (χ0v) is 18.5. The van der Waals surface area contributed by atoms with E-state index in [2.05, 4.69) is 65.6 Å². The Bertz CT molecular complexity index is 720. The highest BCUT2D eigenvalue weighted by Crippen LogP contribution is 2.28. The first kappa shape index (κ1) is 22.5. The van der Waals surface area contributed by atoms with Crippen molar-refractivity contribution in [3.05, 3.63) is 71.8 Å². The van der Waals surface area contributed by atoms with Crippen LogP contribution in [0.15, 0.2) is 60.7 Å². The number of nitrogens with zero attached hydrogens (tertiary/aromatic N) is 1. The van der Waals surface area contributed by atoms with E-state index in [1.54, 1.807) is 0 Å². The first-order valence-corrected chi connectivity index (χ1v) is 11.0. The summed E-state index contributed by atoms with van der Waals surface area (Å²) in [5.74, 6) is -0.278. The zero-order valence-electron chi connectivity index (χ0n) is 18.5. The van der Waals surface area contributed by atoms with Crippen LogP contribution < -0.4 is 0 Å². The predicted molar refractivity (Wildman–Crippen MR) is 120 cm³/mol. The molecule has 0 aliphatic heterocycles. The van der Waals surface area contributed by atoms with Gasteiger partial charge in [-0.1, -0.05) is 60.7 Å². The molecule has 0 spiro atoms. The van der Waals surface area contributed by atoms with E-state index < -0.39 is 5.60 Å². The number of esters is 1. The van der Waals surface area contributed by atoms with Gasteiger partial charge in [-0.2, -0.15) is 0 Å². The summed E-state index contributed by atoms with van der Waals surface area (Å²) < 4.78 is 11.2. The van der Waals surface area contributed by atoms with Crippen molar-refractivity contribution >= 4 is 5.97 Å². The van der Waals surface area contributed by atoms with Gasteiger partial charge in [0.2, 0.25) is 0 Å². The van der Waals surface area contributed by atoms with E-state index >= 15 is 0 Å². The van der Waals surface area contributed by atoms with Crippen molar-refractivity contribution in [1.29, 1.82) is 0 Å². The minimum Gasteiger partial charge on any atom is -0.458 e. The van der Waals surface area contributed by atoms with Gasteiger partial charge in [-0.05, 0) is 57.6 Å². The van der Waals surface area contributed by atoms with Gasteiger partial charge in [-0.25, -0.2) is 4.79 Å². The number of rotatable bonds is 8. The van der Waals surface area contributed by atoms with Crippen molar-refractivity contribution < 1.29 is 14.3 Å².